The Balaban J connectivity index is 1.74. The minimum atomic E-state index is -0.464. The van der Waals surface area contributed by atoms with E-state index >= 15 is 0 Å². The van der Waals surface area contributed by atoms with Crippen LogP contribution < -0.4 is 0 Å². The molecule has 3 rings (SSSR count). The van der Waals surface area contributed by atoms with Crippen molar-refractivity contribution >= 4 is 29.4 Å². The molecule has 1 aliphatic heterocycles. The Kier molecular flexibility index (Phi) is 5.13. The first-order chi connectivity index (χ1) is 11.9. The van der Waals surface area contributed by atoms with Crippen LogP contribution in [0.3, 0.4) is 0 Å². The standard InChI is InChI=1S/C19H23ClN2O3/c1-12-6-7-16(13(12)2)22-18(24)11-17(23)21(19(22)25)9-8-14-4-3-5-15(20)10-14/h3-5,10,12-13,16H,6-9,11H2,1-2H3/t12-,13+,16-/m0/s1. The van der Waals surface area contributed by atoms with Gasteiger partial charge in [0.1, 0.15) is 6.42 Å². The number of hydrogen-bond donors (Lipinski definition) is 0. The van der Waals surface area contributed by atoms with Crippen molar-refractivity contribution in [2.75, 3.05) is 6.54 Å². The number of nitrogens with zero attached hydrogens (tertiary/aromatic N) is 2. The van der Waals surface area contributed by atoms with Gasteiger partial charge in [0.2, 0.25) is 11.8 Å². The normalized spacial score (nSPS) is 27.3. The number of carbonyl (C=O) groups excluding carboxylic acids is 3. The van der Waals surface area contributed by atoms with Gasteiger partial charge in [-0.2, -0.15) is 0 Å². The van der Waals surface area contributed by atoms with Crippen LogP contribution in [0, 0.1) is 11.8 Å². The SMILES string of the molecule is C[C@@H]1[C@@H](C)CC[C@@H]1N1C(=O)CC(=O)N(CCc2cccc(Cl)c2)C1=O. The molecule has 0 N–H and O–H groups in total. The van der Waals surface area contributed by atoms with Crippen molar-refractivity contribution in [1.82, 2.24) is 9.80 Å². The molecule has 2 fully saturated rings. The number of amides is 4. The zero-order valence-electron chi connectivity index (χ0n) is 14.6. The molecule has 1 saturated heterocycles. The van der Waals surface area contributed by atoms with Gasteiger partial charge in [-0.25, -0.2) is 4.79 Å². The highest BCUT2D eigenvalue weighted by Crippen LogP contribution is 2.36. The average Bonchev–Trinajstić information content (AvgIpc) is 2.87. The fourth-order valence-electron chi connectivity index (χ4n) is 3.84. The fraction of sp³-hybridized carbons (Fsp3) is 0.526. The smallest absolute Gasteiger partial charge is 0.274 e. The van der Waals surface area contributed by atoms with Crippen LogP contribution >= 0.6 is 11.6 Å². The first-order valence-corrected chi connectivity index (χ1v) is 9.17. The topological polar surface area (TPSA) is 57.7 Å². The maximum absolute atomic E-state index is 12.9. The summed E-state index contributed by atoms with van der Waals surface area (Å²) in [4.78, 5) is 40.0. The lowest BCUT2D eigenvalue weighted by Gasteiger charge is -2.38. The number of halogens is 1. The van der Waals surface area contributed by atoms with Crippen LogP contribution in [0.25, 0.3) is 0 Å². The molecule has 0 radical (unpaired) electrons. The van der Waals surface area contributed by atoms with Crippen LogP contribution in [-0.2, 0) is 16.0 Å². The summed E-state index contributed by atoms with van der Waals surface area (Å²) in [7, 11) is 0. The largest absolute Gasteiger partial charge is 0.333 e. The summed E-state index contributed by atoms with van der Waals surface area (Å²) < 4.78 is 0. The van der Waals surface area contributed by atoms with Crippen LogP contribution in [0.5, 0.6) is 0 Å². The second kappa shape index (κ2) is 7.16. The van der Waals surface area contributed by atoms with Crippen LogP contribution in [0.1, 0.15) is 38.7 Å². The predicted molar refractivity (Wildman–Crippen MR) is 95.1 cm³/mol. The van der Waals surface area contributed by atoms with Gasteiger partial charge >= 0.3 is 6.03 Å². The highest BCUT2D eigenvalue weighted by Gasteiger charge is 2.45. The number of carbonyl (C=O) groups is 3. The highest BCUT2D eigenvalue weighted by atomic mass is 35.5. The Labute approximate surface area is 152 Å². The van der Waals surface area contributed by atoms with Gasteiger partial charge in [0.15, 0.2) is 0 Å². The lowest BCUT2D eigenvalue weighted by atomic mass is 9.96. The quantitative estimate of drug-likeness (QED) is 0.770. The molecule has 1 aromatic carbocycles. The molecule has 2 aliphatic rings. The van der Waals surface area contributed by atoms with Gasteiger partial charge in [0.25, 0.3) is 0 Å². The summed E-state index contributed by atoms with van der Waals surface area (Å²) in [5, 5.41) is 0.624. The average molecular weight is 363 g/mol. The maximum atomic E-state index is 12.9. The van der Waals surface area contributed by atoms with Crippen LogP contribution in [0.15, 0.2) is 24.3 Å². The van der Waals surface area contributed by atoms with Gasteiger partial charge in [0, 0.05) is 17.6 Å². The highest BCUT2D eigenvalue weighted by molar-refractivity contribution is 6.30. The summed E-state index contributed by atoms with van der Waals surface area (Å²) in [6, 6.07) is 6.80. The van der Waals surface area contributed by atoms with E-state index in [0.717, 1.165) is 18.4 Å². The minimum Gasteiger partial charge on any atom is -0.274 e. The molecule has 0 bridgehead atoms. The van der Waals surface area contributed by atoms with Crippen LogP contribution in [0.4, 0.5) is 4.79 Å². The van der Waals surface area contributed by atoms with Gasteiger partial charge in [-0.3, -0.25) is 19.4 Å². The third-order valence-corrected chi connectivity index (χ3v) is 5.81. The zero-order valence-corrected chi connectivity index (χ0v) is 15.3. The Morgan fingerprint density at radius 3 is 2.52 bits per heavy atom. The van der Waals surface area contributed by atoms with Crippen molar-refractivity contribution in [1.29, 1.82) is 0 Å². The maximum Gasteiger partial charge on any atom is 0.333 e. The van der Waals surface area contributed by atoms with E-state index in [1.165, 1.54) is 9.80 Å². The second-order valence-electron chi connectivity index (χ2n) is 7.13. The van der Waals surface area contributed by atoms with E-state index < -0.39 is 11.9 Å². The number of hydrogen-bond acceptors (Lipinski definition) is 3. The molecule has 0 spiro atoms. The fourth-order valence-corrected chi connectivity index (χ4v) is 4.05. The lowest BCUT2D eigenvalue weighted by molar-refractivity contribution is -0.144. The molecule has 1 saturated carbocycles. The molecule has 1 aliphatic carbocycles. The Hall–Kier alpha value is -1.88. The van der Waals surface area contributed by atoms with Gasteiger partial charge in [-0.1, -0.05) is 37.6 Å². The monoisotopic (exact) mass is 362 g/mol. The number of barbiturate groups is 1. The van der Waals surface area contributed by atoms with Crippen molar-refractivity contribution in [3.05, 3.63) is 34.9 Å². The third kappa shape index (κ3) is 3.56. The van der Waals surface area contributed by atoms with Crippen molar-refractivity contribution < 1.29 is 14.4 Å². The molecule has 1 heterocycles. The summed E-state index contributed by atoms with van der Waals surface area (Å²) in [5.74, 6) is -0.0362. The second-order valence-corrected chi connectivity index (χ2v) is 7.57. The minimum absolute atomic E-state index is 0.100. The molecular formula is C19H23ClN2O3. The van der Waals surface area contributed by atoms with Gasteiger partial charge in [-0.15, -0.1) is 0 Å². The Bertz CT molecular complexity index is 706. The molecule has 134 valence electrons. The number of urea groups is 1. The Morgan fingerprint density at radius 1 is 1.12 bits per heavy atom. The summed E-state index contributed by atoms with van der Waals surface area (Å²) >= 11 is 5.98. The van der Waals surface area contributed by atoms with E-state index in [1.54, 1.807) is 6.07 Å². The summed E-state index contributed by atoms with van der Waals surface area (Å²) in [6.07, 6.45) is 2.12. The molecule has 6 heteroatoms. The van der Waals surface area contributed by atoms with Gasteiger partial charge in [0.05, 0.1) is 0 Å². The van der Waals surface area contributed by atoms with Crippen molar-refractivity contribution in [3.8, 4) is 0 Å². The first kappa shape index (κ1) is 17.9. The predicted octanol–water partition coefficient (Wildman–Crippen LogP) is 3.50. The molecule has 0 unspecified atom stereocenters. The van der Waals surface area contributed by atoms with Crippen LogP contribution in [0.2, 0.25) is 5.02 Å². The Morgan fingerprint density at radius 2 is 1.88 bits per heavy atom. The van der Waals surface area contributed by atoms with Crippen molar-refractivity contribution in [3.63, 3.8) is 0 Å². The molecule has 4 amide bonds. The van der Waals surface area contributed by atoms with Crippen LogP contribution in [-0.4, -0.2) is 40.2 Å². The van der Waals surface area contributed by atoms with Crippen molar-refractivity contribution in [2.45, 2.75) is 45.6 Å². The van der Waals surface area contributed by atoms with E-state index in [2.05, 4.69) is 13.8 Å². The molecular weight excluding hydrogens is 340 g/mol. The summed E-state index contributed by atoms with van der Waals surface area (Å²) in [5.41, 5.74) is 0.958. The summed E-state index contributed by atoms with van der Waals surface area (Å²) in [6.45, 7) is 4.49. The molecule has 5 nitrogen and oxygen atoms in total. The number of imide groups is 2. The number of rotatable bonds is 4. The van der Waals surface area contributed by atoms with E-state index in [4.69, 9.17) is 11.6 Å². The number of benzene rings is 1. The molecule has 25 heavy (non-hydrogen) atoms. The van der Waals surface area contributed by atoms with E-state index in [9.17, 15) is 14.4 Å². The van der Waals surface area contributed by atoms with E-state index in [-0.39, 0.29) is 30.8 Å². The molecule has 0 aromatic heterocycles. The van der Waals surface area contributed by atoms with Crippen molar-refractivity contribution in [2.24, 2.45) is 11.8 Å². The van der Waals surface area contributed by atoms with Gasteiger partial charge in [-0.05, 0) is 48.8 Å². The first-order valence-electron chi connectivity index (χ1n) is 8.79. The van der Waals surface area contributed by atoms with E-state index in [0.29, 0.717) is 17.4 Å². The molecule has 3 atom stereocenters. The zero-order chi connectivity index (χ0) is 18.1. The van der Waals surface area contributed by atoms with Gasteiger partial charge < -0.3 is 0 Å². The third-order valence-electron chi connectivity index (χ3n) is 5.58. The molecule has 1 aromatic rings. The van der Waals surface area contributed by atoms with E-state index in [1.807, 2.05) is 18.2 Å². The lowest BCUT2D eigenvalue weighted by Crippen LogP contribution is -2.59.